The largest absolute Gasteiger partial charge is 0.369 e. The molecule has 0 radical (unpaired) electrons. The molecule has 0 saturated carbocycles. The molecule has 0 amide bonds. The fourth-order valence-corrected chi connectivity index (χ4v) is 4.64. The summed E-state index contributed by atoms with van der Waals surface area (Å²) in [5.74, 6) is -0.138. The highest BCUT2D eigenvalue weighted by molar-refractivity contribution is 7.89. The zero-order valence-electron chi connectivity index (χ0n) is 9.34. The zero-order chi connectivity index (χ0) is 12.8. The fourth-order valence-electron chi connectivity index (χ4n) is 1.74. The van der Waals surface area contributed by atoms with E-state index < -0.39 is 15.6 Å². The average Bonchev–Trinajstić information content (AvgIpc) is 2.61. The Morgan fingerprint density at radius 1 is 1.65 bits per heavy atom. The molecule has 5 nitrogen and oxygen atoms in total. The van der Waals surface area contributed by atoms with Gasteiger partial charge in [-0.2, -0.15) is 0 Å². The first-order valence-corrected chi connectivity index (χ1v) is 7.68. The van der Waals surface area contributed by atoms with Gasteiger partial charge in [-0.3, -0.25) is 0 Å². The summed E-state index contributed by atoms with van der Waals surface area (Å²) in [5.41, 5.74) is 4.74. The van der Waals surface area contributed by atoms with Crippen LogP contribution in [0.15, 0.2) is 16.4 Å². The Hall–Kier alpha value is -0.790. The van der Waals surface area contributed by atoms with E-state index in [0.29, 0.717) is 5.02 Å². The maximum Gasteiger partial charge on any atom is 0.239 e. The second-order valence-electron chi connectivity index (χ2n) is 4.07. The van der Waals surface area contributed by atoms with Crippen molar-refractivity contribution in [2.24, 2.45) is 10.7 Å². The monoisotopic (exact) mass is 293 g/mol. The first kappa shape index (κ1) is 12.7. The van der Waals surface area contributed by atoms with Crippen LogP contribution >= 0.6 is 22.9 Å². The molecule has 2 rings (SSSR count). The van der Waals surface area contributed by atoms with E-state index in [1.54, 1.807) is 18.4 Å². The van der Waals surface area contributed by atoms with Crippen LogP contribution in [0.4, 0.5) is 0 Å². The molecule has 0 spiro atoms. The predicted molar refractivity (Wildman–Crippen MR) is 69.9 cm³/mol. The highest BCUT2D eigenvalue weighted by Gasteiger charge is 2.41. The lowest BCUT2D eigenvalue weighted by atomic mass is 10.0. The quantitative estimate of drug-likeness (QED) is 0.845. The van der Waals surface area contributed by atoms with E-state index in [4.69, 9.17) is 17.3 Å². The van der Waals surface area contributed by atoms with Gasteiger partial charge in [0, 0.05) is 7.05 Å². The lowest BCUT2D eigenvalue weighted by molar-refractivity contribution is 0.482. The summed E-state index contributed by atoms with van der Waals surface area (Å²) in [7, 11) is -2.04. The standard InChI is InChI=1S/C9H12ClN3O2S2/c1-9(7-6(10)3-4-16-7)5-17(14,15)13(2)8(11)12-9/h3-4H,5H2,1-2H3,(H2,11,12)/t9-/m0/s1. The molecule has 0 saturated heterocycles. The Balaban J connectivity index is 2.58. The van der Waals surface area contributed by atoms with Crippen molar-refractivity contribution in [1.82, 2.24) is 4.31 Å². The lowest BCUT2D eigenvalue weighted by Gasteiger charge is -2.33. The van der Waals surface area contributed by atoms with Gasteiger partial charge in [0.1, 0.15) is 5.54 Å². The van der Waals surface area contributed by atoms with Crippen molar-refractivity contribution in [3.05, 3.63) is 21.3 Å². The van der Waals surface area contributed by atoms with E-state index >= 15 is 0 Å². The van der Waals surface area contributed by atoms with Crippen molar-refractivity contribution in [2.75, 3.05) is 12.8 Å². The van der Waals surface area contributed by atoms with Crippen LogP contribution < -0.4 is 5.73 Å². The van der Waals surface area contributed by atoms with Gasteiger partial charge < -0.3 is 5.73 Å². The Labute approximate surface area is 109 Å². The van der Waals surface area contributed by atoms with E-state index in [9.17, 15) is 8.42 Å². The summed E-state index contributed by atoms with van der Waals surface area (Å²) < 4.78 is 24.9. The zero-order valence-corrected chi connectivity index (χ0v) is 11.7. The third-order valence-corrected chi connectivity index (χ3v) is 6.21. The van der Waals surface area contributed by atoms with Crippen molar-refractivity contribution in [3.8, 4) is 0 Å². The van der Waals surface area contributed by atoms with Crippen molar-refractivity contribution in [3.63, 3.8) is 0 Å². The lowest BCUT2D eigenvalue weighted by Crippen LogP contribution is -2.50. The number of guanidine groups is 1. The first-order valence-electron chi connectivity index (χ1n) is 4.82. The fraction of sp³-hybridized carbons (Fsp3) is 0.444. The molecule has 0 aromatic carbocycles. The van der Waals surface area contributed by atoms with Crippen LogP contribution in [0.1, 0.15) is 11.8 Å². The minimum absolute atomic E-state index is 0.0109. The molecule has 2 heterocycles. The highest BCUT2D eigenvalue weighted by Crippen LogP contribution is 2.39. The van der Waals surface area contributed by atoms with Crippen LogP contribution in [0.25, 0.3) is 0 Å². The van der Waals surface area contributed by atoms with Gasteiger partial charge >= 0.3 is 0 Å². The molecule has 2 N–H and O–H groups in total. The summed E-state index contributed by atoms with van der Waals surface area (Å²) in [5, 5.41) is 2.33. The molecular weight excluding hydrogens is 282 g/mol. The molecule has 8 heteroatoms. The van der Waals surface area contributed by atoms with Crippen LogP contribution in [0.5, 0.6) is 0 Å². The van der Waals surface area contributed by atoms with Gasteiger partial charge in [0.15, 0.2) is 0 Å². The van der Waals surface area contributed by atoms with Crippen LogP contribution in [-0.4, -0.2) is 31.5 Å². The Bertz CT molecular complexity index is 581. The van der Waals surface area contributed by atoms with Crippen molar-refractivity contribution in [1.29, 1.82) is 0 Å². The summed E-state index contributed by atoms with van der Waals surface area (Å²) in [6, 6.07) is 1.73. The Kier molecular flexibility index (Phi) is 2.87. The average molecular weight is 294 g/mol. The van der Waals surface area contributed by atoms with Crippen molar-refractivity contribution < 1.29 is 8.42 Å². The number of halogens is 1. The number of nitrogens with zero attached hydrogens (tertiary/aromatic N) is 2. The maximum atomic E-state index is 11.9. The van der Waals surface area contributed by atoms with Crippen LogP contribution in [-0.2, 0) is 15.6 Å². The molecule has 94 valence electrons. The topological polar surface area (TPSA) is 75.8 Å². The summed E-state index contributed by atoms with van der Waals surface area (Å²) in [6.45, 7) is 1.72. The number of hydrogen-bond donors (Lipinski definition) is 1. The molecule has 1 atom stereocenters. The molecule has 0 bridgehead atoms. The second kappa shape index (κ2) is 3.86. The summed E-state index contributed by atoms with van der Waals surface area (Å²) >= 11 is 7.41. The van der Waals surface area contributed by atoms with Crippen LogP contribution in [0, 0.1) is 0 Å². The van der Waals surface area contributed by atoms with Gasteiger partial charge in [0.2, 0.25) is 16.0 Å². The summed E-state index contributed by atoms with van der Waals surface area (Å²) in [4.78, 5) is 4.98. The number of nitrogens with two attached hydrogens (primary N) is 1. The predicted octanol–water partition coefficient (Wildman–Crippen LogP) is 1.21. The van der Waals surface area contributed by atoms with Gasteiger partial charge in [0.25, 0.3) is 0 Å². The normalized spacial score (nSPS) is 27.9. The third-order valence-electron chi connectivity index (χ3n) is 2.67. The molecule has 1 aromatic heterocycles. The third kappa shape index (κ3) is 2.02. The van der Waals surface area contributed by atoms with Gasteiger partial charge in [-0.15, -0.1) is 11.3 Å². The van der Waals surface area contributed by atoms with E-state index in [0.717, 1.165) is 9.18 Å². The molecule has 0 aliphatic carbocycles. The number of aliphatic imine (C=N–C) groups is 1. The molecular formula is C9H12ClN3O2S2. The van der Waals surface area contributed by atoms with Gasteiger partial charge in [-0.05, 0) is 18.4 Å². The molecule has 1 aromatic rings. The van der Waals surface area contributed by atoms with Crippen molar-refractivity contribution in [2.45, 2.75) is 12.5 Å². The Morgan fingerprint density at radius 2 is 2.29 bits per heavy atom. The van der Waals surface area contributed by atoms with E-state index in [-0.39, 0.29) is 11.7 Å². The smallest absolute Gasteiger partial charge is 0.239 e. The molecule has 1 aliphatic heterocycles. The van der Waals surface area contributed by atoms with Crippen molar-refractivity contribution >= 4 is 38.9 Å². The van der Waals surface area contributed by atoms with Crippen LogP contribution in [0.3, 0.4) is 0 Å². The molecule has 1 aliphatic rings. The second-order valence-corrected chi connectivity index (χ2v) is 7.39. The number of hydrogen-bond acceptors (Lipinski definition) is 5. The maximum absolute atomic E-state index is 11.9. The molecule has 17 heavy (non-hydrogen) atoms. The highest BCUT2D eigenvalue weighted by atomic mass is 35.5. The summed E-state index contributed by atoms with van der Waals surface area (Å²) in [6.07, 6.45) is 0. The molecule has 0 fully saturated rings. The van der Waals surface area contributed by atoms with Gasteiger partial charge in [-0.25, -0.2) is 17.7 Å². The number of thiophene rings is 1. The molecule has 0 unspecified atom stereocenters. The Morgan fingerprint density at radius 3 is 2.76 bits per heavy atom. The van der Waals surface area contributed by atoms with E-state index in [2.05, 4.69) is 4.99 Å². The first-order chi connectivity index (χ1) is 7.76. The number of rotatable bonds is 1. The minimum Gasteiger partial charge on any atom is -0.369 e. The minimum atomic E-state index is -3.44. The SMILES string of the molecule is CN1C(N)=N[C@](C)(c2sccc2Cl)CS1(=O)=O. The van der Waals surface area contributed by atoms with Gasteiger partial charge in [-0.1, -0.05) is 11.6 Å². The van der Waals surface area contributed by atoms with E-state index in [1.807, 2.05) is 0 Å². The van der Waals surface area contributed by atoms with Crippen LogP contribution in [0.2, 0.25) is 5.02 Å². The number of sulfonamides is 1. The van der Waals surface area contributed by atoms with E-state index in [1.165, 1.54) is 18.4 Å². The van der Waals surface area contributed by atoms with Gasteiger partial charge in [0.05, 0.1) is 15.7 Å².